The maximum atomic E-state index is 9.63. The summed E-state index contributed by atoms with van der Waals surface area (Å²) in [6, 6.07) is 5.70. The average molecular weight is 578 g/mol. The van der Waals surface area contributed by atoms with Crippen molar-refractivity contribution < 1.29 is 45.6 Å². The maximum Gasteiger partial charge on any atom is 0.267 e. The number of nitrogens with two attached hydrogens (primary N) is 2. The quantitative estimate of drug-likeness (QED) is 0.190. The molecular formula is C21H31N5O10S2. The van der Waals surface area contributed by atoms with Crippen molar-refractivity contribution in [2.24, 2.45) is 0 Å². The molecule has 0 atom stereocenters. The fourth-order valence-corrected chi connectivity index (χ4v) is 3.43. The summed E-state index contributed by atoms with van der Waals surface area (Å²) in [5, 5.41) is 16.5. The van der Waals surface area contributed by atoms with Crippen LogP contribution in [0.5, 0.6) is 11.5 Å². The summed E-state index contributed by atoms with van der Waals surface area (Å²) in [7, 11) is -4.57. The lowest BCUT2D eigenvalue weighted by Gasteiger charge is -2.13. The van der Waals surface area contributed by atoms with E-state index in [0.29, 0.717) is 17.9 Å². The van der Waals surface area contributed by atoms with Crippen LogP contribution in [-0.4, -0.2) is 90.0 Å². The number of aryl methyl sites for hydroxylation is 1. The Kier molecular flexibility index (Phi) is 12.5. The van der Waals surface area contributed by atoms with Gasteiger partial charge in [-0.2, -0.15) is 26.8 Å². The second kappa shape index (κ2) is 14.6. The molecule has 0 amide bonds. The number of hydrogen-bond donors (Lipinski definition) is 6. The molecule has 3 aromatic rings. The Morgan fingerprint density at radius 2 is 1.47 bits per heavy atom. The number of methoxy groups -OCH3 is 2. The van der Waals surface area contributed by atoms with Crippen LogP contribution in [0.4, 0.5) is 11.8 Å². The van der Waals surface area contributed by atoms with Crippen LogP contribution in [0, 0.1) is 6.92 Å². The second-order valence-electron chi connectivity index (χ2n) is 7.45. The van der Waals surface area contributed by atoms with Gasteiger partial charge in [-0.25, -0.2) is 4.98 Å². The van der Waals surface area contributed by atoms with Crippen molar-refractivity contribution in [1.29, 1.82) is 0 Å². The van der Waals surface area contributed by atoms with Gasteiger partial charge >= 0.3 is 0 Å². The van der Waals surface area contributed by atoms with E-state index in [1.54, 1.807) is 20.4 Å². The van der Waals surface area contributed by atoms with Crippen molar-refractivity contribution in [1.82, 2.24) is 15.0 Å². The van der Waals surface area contributed by atoms with Crippen molar-refractivity contribution in [3.63, 3.8) is 0 Å². The first-order valence-corrected chi connectivity index (χ1v) is 13.9. The molecule has 17 heteroatoms. The van der Waals surface area contributed by atoms with Crippen LogP contribution in [0.2, 0.25) is 0 Å². The van der Waals surface area contributed by atoms with Crippen molar-refractivity contribution in [3.8, 4) is 11.5 Å². The number of aliphatic hydroxyl groups is 2. The minimum atomic E-state index is -3.92. The molecule has 1 aromatic carbocycles. The standard InChI is InChI=1S/C17H19N5O2.2C2H6O4S/c1-9-11(6-10-7-12(23-2)4-5-13(10)24-3)8-20-16-14(9)15(18)21-17(19)22-16;2*3-1-2-7(4,5)6/h4-5,7-8H,6H2,1-3H3,(H4,18,19,20,21,22);2*3H,1-2H2,(H,4,5,6). The smallest absolute Gasteiger partial charge is 0.267 e. The van der Waals surface area contributed by atoms with Gasteiger partial charge in [0, 0.05) is 18.2 Å². The lowest BCUT2D eigenvalue weighted by molar-refractivity contribution is 0.314. The predicted octanol–water partition coefficient (Wildman–Crippen LogP) is -0.161. The van der Waals surface area contributed by atoms with Crippen LogP contribution in [0.1, 0.15) is 16.7 Å². The Morgan fingerprint density at radius 1 is 0.895 bits per heavy atom. The number of hydrogen-bond acceptors (Lipinski definition) is 13. The topological polar surface area (TPSA) is 258 Å². The van der Waals surface area contributed by atoms with Crippen LogP contribution < -0.4 is 20.9 Å². The molecule has 0 aliphatic heterocycles. The highest BCUT2D eigenvalue weighted by atomic mass is 32.2. The van der Waals surface area contributed by atoms with E-state index in [1.165, 1.54) is 0 Å². The molecule has 0 radical (unpaired) electrons. The highest BCUT2D eigenvalue weighted by Gasteiger charge is 2.14. The van der Waals surface area contributed by atoms with E-state index in [2.05, 4.69) is 15.0 Å². The lowest BCUT2D eigenvalue weighted by Crippen LogP contribution is -2.06. The number of nitrogen functional groups attached to an aromatic ring is 2. The molecule has 2 heterocycles. The normalized spacial score (nSPS) is 11.1. The molecule has 0 bridgehead atoms. The first kappa shape index (κ1) is 32.7. The highest BCUT2D eigenvalue weighted by molar-refractivity contribution is 7.86. The van der Waals surface area contributed by atoms with Crippen molar-refractivity contribution in [3.05, 3.63) is 41.1 Å². The molecule has 38 heavy (non-hydrogen) atoms. The van der Waals surface area contributed by atoms with Gasteiger partial charge < -0.3 is 31.2 Å². The van der Waals surface area contributed by atoms with Crippen molar-refractivity contribution >= 4 is 43.0 Å². The zero-order valence-electron chi connectivity index (χ0n) is 20.9. The Hall–Kier alpha value is -3.35. The first-order valence-electron chi connectivity index (χ1n) is 10.7. The highest BCUT2D eigenvalue weighted by Crippen LogP contribution is 2.30. The van der Waals surface area contributed by atoms with E-state index in [-0.39, 0.29) is 5.95 Å². The van der Waals surface area contributed by atoms with Crippen molar-refractivity contribution in [2.75, 3.05) is 50.4 Å². The summed E-state index contributed by atoms with van der Waals surface area (Å²) < 4.78 is 64.9. The third kappa shape index (κ3) is 11.0. The van der Waals surface area contributed by atoms with E-state index in [1.807, 2.05) is 25.1 Å². The molecule has 0 unspecified atom stereocenters. The van der Waals surface area contributed by atoms with Crippen LogP contribution in [0.15, 0.2) is 24.4 Å². The molecule has 2 aromatic heterocycles. The average Bonchev–Trinajstić information content (AvgIpc) is 2.79. The molecule has 212 valence electrons. The van der Waals surface area contributed by atoms with Crippen LogP contribution in [0.3, 0.4) is 0 Å². The Bertz CT molecular complexity index is 1400. The molecule has 0 spiro atoms. The zero-order valence-corrected chi connectivity index (χ0v) is 22.5. The minimum absolute atomic E-state index is 0.120. The Balaban J connectivity index is 0.000000426. The zero-order chi connectivity index (χ0) is 29.1. The second-order valence-corrected chi connectivity index (χ2v) is 10.6. The number of benzene rings is 1. The summed E-state index contributed by atoms with van der Waals surface area (Å²) in [5.41, 5.74) is 15.1. The first-order chi connectivity index (χ1) is 17.6. The van der Waals surface area contributed by atoms with Crippen molar-refractivity contribution in [2.45, 2.75) is 13.3 Å². The van der Waals surface area contributed by atoms with Gasteiger partial charge in [0.05, 0.1) is 44.3 Å². The molecule has 3 rings (SSSR count). The maximum absolute atomic E-state index is 9.63. The molecule has 0 aliphatic rings. The van der Waals surface area contributed by atoms with Crippen LogP contribution in [0.25, 0.3) is 11.0 Å². The molecule has 8 N–H and O–H groups in total. The van der Waals surface area contributed by atoms with Gasteiger partial charge in [-0.05, 0) is 36.2 Å². The third-order valence-corrected chi connectivity index (χ3v) is 6.10. The third-order valence-electron chi connectivity index (χ3n) is 4.70. The number of nitrogens with zero attached hydrogens (tertiary/aromatic N) is 3. The lowest BCUT2D eigenvalue weighted by atomic mass is 9.99. The Morgan fingerprint density at radius 3 is 1.92 bits per heavy atom. The van der Waals surface area contributed by atoms with E-state index >= 15 is 0 Å². The monoisotopic (exact) mass is 577 g/mol. The summed E-state index contributed by atoms with van der Waals surface area (Å²) in [6.07, 6.45) is 2.40. The molecule has 0 fully saturated rings. The van der Waals surface area contributed by atoms with Crippen LogP contribution >= 0.6 is 0 Å². The molecule has 0 aliphatic carbocycles. The molecule has 15 nitrogen and oxygen atoms in total. The summed E-state index contributed by atoms with van der Waals surface area (Å²) in [5.74, 6) is 0.862. The number of fused-ring (bicyclic) bond motifs is 1. The van der Waals surface area contributed by atoms with E-state index in [9.17, 15) is 16.8 Å². The fourth-order valence-electron chi connectivity index (χ4n) is 2.97. The molecular weight excluding hydrogens is 546 g/mol. The van der Waals surface area contributed by atoms with Crippen LogP contribution in [-0.2, 0) is 26.7 Å². The van der Waals surface area contributed by atoms with E-state index in [4.69, 9.17) is 40.3 Å². The minimum Gasteiger partial charge on any atom is -0.497 e. The van der Waals surface area contributed by atoms with Gasteiger partial charge in [-0.15, -0.1) is 0 Å². The van der Waals surface area contributed by atoms with E-state index in [0.717, 1.165) is 33.6 Å². The van der Waals surface area contributed by atoms with Gasteiger partial charge in [-0.3, -0.25) is 9.11 Å². The number of anilines is 2. The van der Waals surface area contributed by atoms with Gasteiger partial charge in [0.25, 0.3) is 20.2 Å². The SMILES string of the molecule is COc1ccc(OC)c(Cc2cnc3nc(N)nc(N)c3c2C)c1.O=S(=O)(O)CCO.O=S(=O)(O)CCO. The summed E-state index contributed by atoms with van der Waals surface area (Å²) in [4.78, 5) is 12.5. The largest absolute Gasteiger partial charge is 0.497 e. The number of pyridine rings is 1. The van der Waals surface area contributed by atoms with Gasteiger partial charge in [-0.1, -0.05) is 0 Å². The fraction of sp³-hybridized carbons (Fsp3) is 0.381. The predicted molar refractivity (Wildman–Crippen MR) is 140 cm³/mol. The van der Waals surface area contributed by atoms with Gasteiger partial charge in [0.2, 0.25) is 5.95 Å². The molecule has 0 saturated heterocycles. The number of aromatic nitrogens is 3. The van der Waals surface area contributed by atoms with Gasteiger partial charge in [0.15, 0.2) is 5.65 Å². The molecule has 0 saturated carbocycles. The number of ether oxygens (including phenoxy) is 2. The number of aliphatic hydroxyl groups excluding tert-OH is 2. The summed E-state index contributed by atoms with van der Waals surface area (Å²) >= 11 is 0. The van der Waals surface area contributed by atoms with Gasteiger partial charge in [0.1, 0.15) is 17.3 Å². The number of rotatable bonds is 8. The van der Waals surface area contributed by atoms with E-state index < -0.39 is 45.0 Å². The Labute approximate surface area is 220 Å². The summed E-state index contributed by atoms with van der Waals surface area (Å²) in [6.45, 7) is 0.916.